The maximum Gasteiger partial charge on any atom is 0.252 e. The predicted molar refractivity (Wildman–Crippen MR) is 108 cm³/mol. The third-order valence-electron chi connectivity index (χ3n) is 5.59. The molecule has 1 aliphatic rings. The largest absolute Gasteiger partial charge is 0.396 e. The van der Waals surface area contributed by atoms with Crippen molar-refractivity contribution in [2.24, 2.45) is 11.1 Å². The average Bonchev–Trinajstić information content (AvgIpc) is 2.68. The lowest BCUT2D eigenvalue weighted by Crippen LogP contribution is -2.46. The minimum atomic E-state index is -0.457. The zero-order chi connectivity index (χ0) is 19.3. The number of piperidine rings is 1. The molecule has 2 heterocycles. The average molecular weight is 367 g/mol. The Morgan fingerprint density at radius 2 is 2.04 bits per heavy atom. The van der Waals surface area contributed by atoms with Crippen molar-refractivity contribution in [3.63, 3.8) is 0 Å². The number of aliphatic hydroxyl groups is 1. The van der Waals surface area contributed by atoms with Crippen LogP contribution in [0.1, 0.15) is 47.3 Å². The molecule has 1 saturated heterocycles. The summed E-state index contributed by atoms with van der Waals surface area (Å²) in [5.41, 5.74) is 8.05. The Hall–Kier alpha value is -2.40. The summed E-state index contributed by atoms with van der Waals surface area (Å²) in [6, 6.07) is 14.0. The summed E-state index contributed by atoms with van der Waals surface area (Å²) < 4.78 is 0. The van der Waals surface area contributed by atoms with Gasteiger partial charge in [0.2, 0.25) is 0 Å². The van der Waals surface area contributed by atoms with E-state index >= 15 is 0 Å². The molecule has 0 bridgehead atoms. The van der Waals surface area contributed by atoms with Crippen LogP contribution in [0.4, 0.5) is 5.82 Å². The van der Waals surface area contributed by atoms with Crippen LogP contribution in [0.3, 0.4) is 0 Å². The Kier molecular flexibility index (Phi) is 6.11. The first-order valence-electron chi connectivity index (χ1n) is 9.70. The fraction of sp³-hybridized carbons (Fsp3) is 0.455. The van der Waals surface area contributed by atoms with Gasteiger partial charge in [0.1, 0.15) is 5.82 Å². The number of aromatic nitrogens is 1. The Morgan fingerprint density at radius 1 is 1.26 bits per heavy atom. The van der Waals surface area contributed by atoms with E-state index in [1.807, 2.05) is 19.1 Å². The van der Waals surface area contributed by atoms with Crippen molar-refractivity contribution in [3.05, 3.63) is 59.3 Å². The molecule has 144 valence electrons. The van der Waals surface area contributed by atoms with Crippen molar-refractivity contribution in [2.75, 3.05) is 24.6 Å². The molecule has 1 amide bonds. The van der Waals surface area contributed by atoms with Crippen LogP contribution in [-0.4, -0.2) is 35.7 Å². The van der Waals surface area contributed by atoms with Crippen LogP contribution in [0.5, 0.6) is 0 Å². The van der Waals surface area contributed by atoms with Crippen LogP contribution in [0.2, 0.25) is 0 Å². The van der Waals surface area contributed by atoms with Crippen molar-refractivity contribution in [1.29, 1.82) is 0 Å². The van der Waals surface area contributed by atoms with Gasteiger partial charge in [0.05, 0.1) is 12.2 Å². The third kappa shape index (κ3) is 4.66. The number of aliphatic hydroxyl groups excluding tert-OH is 1. The molecule has 1 aromatic heterocycles. The highest BCUT2D eigenvalue weighted by molar-refractivity contribution is 5.97. The summed E-state index contributed by atoms with van der Waals surface area (Å²) in [6.07, 6.45) is 4.96. The maximum absolute atomic E-state index is 11.8. The molecule has 1 atom stereocenters. The second-order valence-corrected chi connectivity index (χ2v) is 7.71. The molecule has 0 unspecified atom stereocenters. The molecule has 5 nitrogen and oxygen atoms in total. The van der Waals surface area contributed by atoms with Crippen LogP contribution >= 0.6 is 0 Å². The number of anilines is 1. The number of hydrogen-bond acceptors (Lipinski definition) is 4. The number of aryl methyl sites for hydroxylation is 2. The molecular formula is C22H29N3O2. The van der Waals surface area contributed by atoms with E-state index in [4.69, 9.17) is 5.73 Å². The van der Waals surface area contributed by atoms with Gasteiger partial charge in [0.15, 0.2) is 0 Å². The lowest BCUT2D eigenvalue weighted by atomic mass is 9.76. The van der Waals surface area contributed by atoms with Crippen LogP contribution in [0, 0.1) is 12.3 Å². The van der Waals surface area contributed by atoms with Crippen LogP contribution < -0.4 is 10.6 Å². The van der Waals surface area contributed by atoms with Crippen molar-refractivity contribution in [2.45, 2.75) is 39.0 Å². The monoisotopic (exact) mass is 367 g/mol. The first-order valence-corrected chi connectivity index (χ1v) is 9.70. The smallest absolute Gasteiger partial charge is 0.252 e. The molecule has 3 N–H and O–H groups in total. The molecule has 3 rings (SSSR count). The summed E-state index contributed by atoms with van der Waals surface area (Å²) in [5.74, 6) is 0.199. The highest BCUT2D eigenvalue weighted by Gasteiger charge is 2.36. The fourth-order valence-corrected chi connectivity index (χ4v) is 4.09. The molecule has 27 heavy (non-hydrogen) atoms. The van der Waals surface area contributed by atoms with Crippen LogP contribution in [-0.2, 0) is 6.42 Å². The van der Waals surface area contributed by atoms with Gasteiger partial charge in [0.25, 0.3) is 5.91 Å². The fourth-order valence-electron chi connectivity index (χ4n) is 4.09. The topological polar surface area (TPSA) is 79.5 Å². The predicted octanol–water partition coefficient (Wildman–Crippen LogP) is 3.09. The van der Waals surface area contributed by atoms with E-state index in [0.717, 1.165) is 44.3 Å². The highest BCUT2D eigenvalue weighted by Crippen LogP contribution is 2.37. The van der Waals surface area contributed by atoms with E-state index in [1.54, 1.807) is 6.07 Å². The highest BCUT2D eigenvalue weighted by atomic mass is 16.3. The zero-order valence-electron chi connectivity index (χ0n) is 16.0. The standard InChI is InChI=1S/C22H29N3O2/c1-17-10-11-19(20(23)27)21(24-17)25-14-6-13-22(15-25,16-26)12-5-9-18-7-3-2-4-8-18/h2-4,7-8,10-11,26H,5-6,9,12-16H2,1H3,(H2,23,27)/t22-/m1/s1. The van der Waals surface area contributed by atoms with Crippen LogP contribution in [0.15, 0.2) is 42.5 Å². The normalized spacial score (nSPS) is 19.9. The number of benzene rings is 1. The molecule has 0 spiro atoms. The Bertz CT molecular complexity index is 778. The molecule has 0 radical (unpaired) electrons. The quantitative estimate of drug-likeness (QED) is 0.788. The lowest BCUT2D eigenvalue weighted by molar-refractivity contribution is 0.0934. The number of nitrogens with two attached hydrogens (primary N) is 1. The van der Waals surface area contributed by atoms with E-state index in [1.165, 1.54) is 5.56 Å². The number of rotatable bonds is 7. The molecule has 2 aromatic rings. The number of carbonyl (C=O) groups is 1. The van der Waals surface area contributed by atoms with Gasteiger partial charge in [-0.05, 0) is 56.7 Å². The molecule has 5 heteroatoms. The van der Waals surface area contributed by atoms with Gasteiger partial charge < -0.3 is 15.7 Å². The third-order valence-corrected chi connectivity index (χ3v) is 5.59. The second-order valence-electron chi connectivity index (χ2n) is 7.71. The van der Waals surface area contributed by atoms with Gasteiger partial charge >= 0.3 is 0 Å². The number of hydrogen-bond donors (Lipinski definition) is 2. The van der Waals surface area contributed by atoms with Gasteiger partial charge in [-0.3, -0.25) is 4.79 Å². The summed E-state index contributed by atoms with van der Waals surface area (Å²) in [6.45, 7) is 3.60. The SMILES string of the molecule is Cc1ccc(C(N)=O)c(N2CCC[C@](CO)(CCCc3ccccc3)C2)n1. The van der Waals surface area contributed by atoms with E-state index < -0.39 is 5.91 Å². The summed E-state index contributed by atoms with van der Waals surface area (Å²) in [5, 5.41) is 10.2. The lowest BCUT2D eigenvalue weighted by Gasteiger charge is -2.43. The Morgan fingerprint density at radius 3 is 2.74 bits per heavy atom. The Labute approximate surface area is 161 Å². The number of nitrogens with zero attached hydrogens (tertiary/aromatic N) is 2. The first-order chi connectivity index (χ1) is 13.0. The molecule has 0 aliphatic carbocycles. The van der Waals surface area contributed by atoms with Crippen molar-refractivity contribution in [1.82, 2.24) is 4.98 Å². The van der Waals surface area contributed by atoms with E-state index in [9.17, 15) is 9.90 Å². The Balaban J connectivity index is 1.73. The number of amides is 1. The van der Waals surface area contributed by atoms with Gasteiger partial charge in [-0.1, -0.05) is 30.3 Å². The van der Waals surface area contributed by atoms with Gasteiger partial charge in [0, 0.05) is 24.2 Å². The maximum atomic E-state index is 11.8. The zero-order valence-corrected chi connectivity index (χ0v) is 16.0. The van der Waals surface area contributed by atoms with Gasteiger partial charge in [-0.15, -0.1) is 0 Å². The van der Waals surface area contributed by atoms with Crippen molar-refractivity contribution < 1.29 is 9.90 Å². The summed E-state index contributed by atoms with van der Waals surface area (Å²) >= 11 is 0. The van der Waals surface area contributed by atoms with Gasteiger partial charge in [-0.2, -0.15) is 0 Å². The molecule has 0 saturated carbocycles. The number of carbonyl (C=O) groups excluding carboxylic acids is 1. The summed E-state index contributed by atoms with van der Waals surface area (Å²) in [7, 11) is 0. The number of primary amides is 1. The first kappa shape index (κ1) is 19.4. The number of pyridine rings is 1. The van der Waals surface area contributed by atoms with Crippen LogP contribution in [0.25, 0.3) is 0 Å². The molecule has 1 aromatic carbocycles. The van der Waals surface area contributed by atoms with E-state index in [0.29, 0.717) is 17.9 Å². The molecule has 1 fully saturated rings. The van der Waals surface area contributed by atoms with Crippen molar-refractivity contribution in [3.8, 4) is 0 Å². The summed E-state index contributed by atoms with van der Waals surface area (Å²) in [4.78, 5) is 18.6. The minimum absolute atomic E-state index is 0.149. The van der Waals surface area contributed by atoms with E-state index in [-0.39, 0.29) is 12.0 Å². The van der Waals surface area contributed by atoms with Crippen molar-refractivity contribution >= 4 is 11.7 Å². The molecular weight excluding hydrogens is 338 g/mol. The molecule has 1 aliphatic heterocycles. The second kappa shape index (κ2) is 8.53. The van der Waals surface area contributed by atoms with Gasteiger partial charge in [-0.25, -0.2) is 4.98 Å². The van der Waals surface area contributed by atoms with E-state index in [2.05, 4.69) is 34.1 Å². The minimum Gasteiger partial charge on any atom is -0.396 e.